The van der Waals surface area contributed by atoms with E-state index in [2.05, 4.69) is 5.32 Å². The third-order valence-corrected chi connectivity index (χ3v) is 7.42. The van der Waals surface area contributed by atoms with E-state index in [9.17, 15) is 13.2 Å². The van der Waals surface area contributed by atoms with Crippen molar-refractivity contribution in [2.24, 2.45) is 0 Å². The molecule has 8 heteroatoms. The van der Waals surface area contributed by atoms with Crippen molar-refractivity contribution in [1.29, 1.82) is 0 Å². The monoisotopic (exact) mass is 431 g/mol. The van der Waals surface area contributed by atoms with Crippen LogP contribution in [0.5, 0.6) is 5.75 Å². The number of hydrogen-bond donors (Lipinski definition) is 1. The van der Waals surface area contributed by atoms with Crippen molar-refractivity contribution < 1.29 is 17.9 Å². The topological polar surface area (TPSA) is 79.0 Å². The molecule has 0 aromatic heterocycles. The molecule has 2 aromatic carbocycles. The Bertz CT molecular complexity index is 975. The lowest BCUT2D eigenvalue weighted by Gasteiger charge is -2.22. The summed E-state index contributed by atoms with van der Waals surface area (Å²) >= 11 is 0. The molecule has 30 heavy (non-hydrogen) atoms. The Kier molecular flexibility index (Phi) is 6.99. The molecule has 1 atom stereocenters. The van der Waals surface area contributed by atoms with E-state index in [1.165, 1.54) is 17.5 Å². The summed E-state index contributed by atoms with van der Waals surface area (Å²) in [6.07, 6.45) is 0.835. The highest BCUT2D eigenvalue weighted by Crippen LogP contribution is 2.29. The number of rotatable bonds is 8. The zero-order chi connectivity index (χ0) is 21.7. The third-order valence-electron chi connectivity index (χ3n) is 5.35. The van der Waals surface area contributed by atoms with Gasteiger partial charge in [0.1, 0.15) is 10.6 Å². The molecule has 2 aromatic rings. The van der Waals surface area contributed by atoms with Crippen LogP contribution in [0.3, 0.4) is 0 Å². The van der Waals surface area contributed by atoms with Crippen molar-refractivity contribution in [3.63, 3.8) is 0 Å². The minimum atomic E-state index is -3.75. The summed E-state index contributed by atoms with van der Waals surface area (Å²) in [6.45, 7) is 5.45. The first-order valence-electron chi connectivity index (χ1n) is 10.2. The Labute approximate surface area is 178 Å². The normalized spacial score (nSPS) is 16.7. The quantitative estimate of drug-likeness (QED) is 0.695. The van der Waals surface area contributed by atoms with Crippen molar-refractivity contribution >= 4 is 21.6 Å². The van der Waals surface area contributed by atoms with Gasteiger partial charge < -0.3 is 15.0 Å². The highest BCUT2D eigenvalue weighted by Gasteiger charge is 2.30. The summed E-state index contributed by atoms with van der Waals surface area (Å²) in [5.41, 5.74) is 1.37. The number of benzene rings is 2. The van der Waals surface area contributed by atoms with Gasteiger partial charge in [-0.1, -0.05) is 32.0 Å². The highest BCUT2D eigenvalue weighted by molar-refractivity contribution is 7.89. The van der Waals surface area contributed by atoms with Gasteiger partial charge in [0.25, 0.3) is 5.91 Å². The zero-order valence-corrected chi connectivity index (χ0v) is 18.5. The molecule has 1 unspecified atom stereocenters. The predicted octanol–water partition coefficient (Wildman–Crippen LogP) is 3.05. The maximum atomic E-state index is 13.1. The fourth-order valence-electron chi connectivity index (χ4n) is 3.73. The lowest BCUT2D eigenvalue weighted by molar-refractivity contribution is 0.0791. The third kappa shape index (κ3) is 4.60. The molecule has 1 amide bonds. The number of ether oxygens (including phenoxy) is 1. The van der Waals surface area contributed by atoms with Crippen LogP contribution in [-0.4, -0.2) is 62.9 Å². The molecule has 1 heterocycles. The lowest BCUT2D eigenvalue weighted by atomic mass is 10.2. The molecule has 0 bridgehead atoms. The van der Waals surface area contributed by atoms with Gasteiger partial charge in [-0.2, -0.15) is 4.31 Å². The van der Waals surface area contributed by atoms with Crippen molar-refractivity contribution in [1.82, 2.24) is 9.21 Å². The number of amides is 1. The van der Waals surface area contributed by atoms with Crippen LogP contribution in [0.1, 0.15) is 30.6 Å². The second-order valence-corrected chi connectivity index (χ2v) is 9.11. The van der Waals surface area contributed by atoms with Gasteiger partial charge in [0.15, 0.2) is 0 Å². The SMILES string of the molecule is CCN(CC)S(=O)(=O)c1cc(C(=O)N2CCC(Nc3ccccc3)C2)ccc1OC. The number of anilines is 1. The first kappa shape index (κ1) is 22.1. The van der Waals surface area contributed by atoms with Gasteiger partial charge in [-0.3, -0.25) is 4.79 Å². The molecule has 1 aliphatic rings. The van der Waals surface area contributed by atoms with Gasteiger partial charge >= 0.3 is 0 Å². The van der Waals surface area contributed by atoms with Crippen LogP contribution in [0, 0.1) is 0 Å². The van der Waals surface area contributed by atoms with E-state index in [-0.39, 0.29) is 22.6 Å². The molecule has 1 saturated heterocycles. The standard InChI is InChI=1S/C22H29N3O4S/c1-4-25(5-2)30(27,28)21-15-17(11-12-20(21)29-3)22(26)24-14-13-19(16-24)23-18-9-7-6-8-10-18/h6-12,15,19,23H,4-5,13-14,16H2,1-3H3. The Balaban J connectivity index is 1.80. The van der Waals surface area contributed by atoms with Gasteiger partial charge in [0, 0.05) is 43.5 Å². The Hall–Kier alpha value is -2.58. The molecule has 162 valence electrons. The van der Waals surface area contributed by atoms with E-state index >= 15 is 0 Å². The number of nitrogens with zero attached hydrogens (tertiary/aromatic N) is 2. The number of likely N-dealkylation sites (tertiary alicyclic amines) is 1. The zero-order valence-electron chi connectivity index (χ0n) is 17.7. The summed E-state index contributed by atoms with van der Waals surface area (Å²) < 4.78 is 32.7. The molecule has 7 nitrogen and oxygen atoms in total. The van der Waals surface area contributed by atoms with Crippen molar-refractivity contribution in [2.75, 3.05) is 38.6 Å². The van der Waals surface area contributed by atoms with Crippen molar-refractivity contribution in [3.05, 3.63) is 54.1 Å². The number of carbonyl (C=O) groups excluding carboxylic acids is 1. The predicted molar refractivity (Wildman–Crippen MR) is 117 cm³/mol. The number of methoxy groups -OCH3 is 1. The second-order valence-electron chi connectivity index (χ2n) is 7.20. The molecule has 3 rings (SSSR count). The van der Waals surface area contributed by atoms with E-state index < -0.39 is 10.0 Å². The van der Waals surface area contributed by atoms with Gasteiger partial charge in [-0.05, 0) is 36.8 Å². The van der Waals surface area contributed by atoms with Crippen LogP contribution < -0.4 is 10.1 Å². The van der Waals surface area contributed by atoms with E-state index in [4.69, 9.17) is 4.74 Å². The number of para-hydroxylation sites is 1. The van der Waals surface area contributed by atoms with Crippen LogP contribution >= 0.6 is 0 Å². The molecule has 0 radical (unpaired) electrons. The van der Waals surface area contributed by atoms with Crippen LogP contribution in [0.15, 0.2) is 53.4 Å². The van der Waals surface area contributed by atoms with Gasteiger partial charge in [-0.25, -0.2) is 8.42 Å². The average Bonchev–Trinajstić information content (AvgIpc) is 3.22. The Morgan fingerprint density at radius 3 is 2.50 bits per heavy atom. The minimum Gasteiger partial charge on any atom is -0.495 e. The number of hydrogen-bond acceptors (Lipinski definition) is 5. The maximum Gasteiger partial charge on any atom is 0.253 e. The minimum absolute atomic E-state index is 0.0257. The highest BCUT2D eigenvalue weighted by atomic mass is 32.2. The average molecular weight is 432 g/mol. The Morgan fingerprint density at radius 1 is 1.17 bits per heavy atom. The van der Waals surface area contributed by atoms with Crippen LogP contribution in [0.2, 0.25) is 0 Å². The summed E-state index contributed by atoms with van der Waals surface area (Å²) in [6, 6.07) is 14.7. The van der Waals surface area contributed by atoms with Crippen LogP contribution in [0.4, 0.5) is 5.69 Å². The van der Waals surface area contributed by atoms with Gasteiger partial charge in [-0.15, -0.1) is 0 Å². The molecule has 0 aliphatic carbocycles. The van der Waals surface area contributed by atoms with E-state index in [1.54, 1.807) is 30.9 Å². The smallest absolute Gasteiger partial charge is 0.253 e. The fourth-order valence-corrected chi connectivity index (χ4v) is 5.37. The summed E-state index contributed by atoms with van der Waals surface area (Å²) in [5, 5.41) is 3.44. The first-order chi connectivity index (χ1) is 14.4. The maximum absolute atomic E-state index is 13.1. The number of carbonyl (C=O) groups is 1. The summed E-state index contributed by atoms with van der Waals surface area (Å²) in [5.74, 6) is 0.0644. The van der Waals surface area contributed by atoms with Gasteiger partial charge in [0.2, 0.25) is 10.0 Å². The largest absolute Gasteiger partial charge is 0.495 e. The molecular weight excluding hydrogens is 402 g/mol. The molecule has 1 N–H and O–H groups in total. The van der Waals surface area contributed by atoms with Crippen molar-refractivity contribution in [3.8, 4) is 5.75 Å². The molecular formula is C22H29N3O4S. The first-order valence-corrected chi connectivity index (χ1v) is 11.6. The summed E-state index contributed by atoms with van der Waals surface area (Å²) in [4.78, 5) is 14.9. The lowest BCUT2D eigenvalue weighted by Crippen LogP contribution is -2.33. The molecule has 1 fully saturated rings. The number of sulfonamides is 1. The van der Waals surface area contributed by atoms with E-state index in [0.717, 1.165) is 12.1 Å². The van der Waals surface area contributed by atoms with Crippen LogP contribution in [0.25, 0.3) is 0 Å². The second kappa shape index (κ2) is 9.49. The van der Waals surface area contributed by atoms with E-state index in [0.29, 0.717) is 31.7 Å². The van der Waals surface area contributed by atoms with Gasteiger partial charge in [0.05, 0.1) is 7.11 Å². The molecule has 1 aliphatic heterocycles. The Morgan fingerprint density at radius 2 is 1.87 bits per heavy atom. The molecule has 0 saturated carbocycles. The van der Waals surface area contributed by atoms with Crippen molar-refractivity contribution in [2.45, 2.75) is 31.2 Å². The molecule has 0 spiro atoms. The summed E-state index contributed by atoms with van der Waals surface area (Å²) in [7, 11) is -2.32. The number of nitrogens with one attached hydrogen (secondary N) is 1. The van der Waals surface area contributed by atoms with Crippen LogP contribution in [-0.2, 0) is 10.0 Å². The van der Waals surface area contributed by atoms with E-state index in [1.807, 2.05) is 30.3 Å². The fraction of sp³-hybridized carbons (Fsp3) is 0.409.